The Morgan fingerprint density at radius 3 is 2.14 bits per heavy atom. The van der Waals surface area contributed by atoms with Gasteiger partial charge in [-0.2, -0.15) is 0 Å². The summed E-state index contributed by atoms with van der Waals surface area (Å²) in [6.07, 6.45) is 0.983. The maximum atomic E-state index is 11.7. The van der Waals surface area contributed by atoms with Crippen molar-refractivity contribution in [3.8, 4) is 5.75 Å². The Morgan fingerprint density at radius 2 is 1.59 bits per heavy atom. The fourth-order valence-electron chi connectivity index (χ4n) is 1.78. The number of nitrogens with one attached hydrogen (secondary N) is 2. The van der Waals surface area contributed by atoms with Crippen LogP contribution in [0.1, 0.15) is 39.7 Å². The summed E-state index contributed by atoms with van der Waals surface area (Å²) < 4.78 is 5.55. The van der Waals surface area contributed by atoms with Crippen molar-refractivity contribution < 1.29 is 14.3 Å². The lowest BCUT2D eigenvalue weighted by Crippen LogP contribution is -2.40. The van der Waals surface area contributed by atoms with Crippen molar-refractivity contribution in [3.05, 3.63) is 29.8 Å². The van der Waals surface area contributed by atoms with Gasteiger partial charge < -0.3 is 15.4 Å². The Labute approximate surface area is 132 Å². The minimum atomic E-state index is -0.605. The van der Waals surface area contributed by atoms with E-state index < -0.39 is 11.8 Å². The van der Waals surface area contributed by atoms with Gasteiger partial charge in [0.2, 0.25) is 0 Å². The topological polar surface area (TPSA) is 67.4 Å². The molecule has 5 nitrogen and oxygen atoms in total. The third-order valence-electron chi connectivity index (χ3n) is 2.96. The molecule has 5 heteroatoms. The summed E-state index contributed by atoms with van der Waals surface area (Å²) in [5, 5.41) is 5.22. The zero-order valence-corrected chi connectivity index (χ0v) is 13.8. The van der Waals surface area contributed by atoms with Crippen LogP contribution in [0.5, 0.6) is 5.75 Å². The van der Waals surface area contributed by atoms with Crippen LogP contribution in [0.3, 0.4) is 0 Å². The first-order valence-electron chi connectivity index (χ1n) is 7.70. The van der Waals surface area contributed by atoms with Crippen LogP contribution in [0.2, 0.25) is 0 Å². The van der Waals surface area contributed by atoms with Gasteiger partial charge in [-0.25, -0.2) is 0 Å². The fourth-order valence-corrected chi connectivity index (χ4v) is 1.78. The van der Waals surface area contributed by atoms with Crippen molar-refractivity contribution in [2.75, 3.05) is 6.54 Å². The molecule has 1 aromatic rings. The number of carbonyl (C=O) groups excluding carboxylic acids is 2. The maximum absolute atomic E-state index is 11.7. The van der Waals surface area contributed by atoms with E-state index in [0.717, 1.165) is 17.7 Å². The van der Waals surface area contributed by atoms with Crippen LogP contribution in [0.4, 0.5) is 0 Å². The van der Waals surface area contributed by atoms with E-state index in [1.54, 1.807) is 0 Å². The van der Waals surface area contributed by atoms with Crippen LogP contribution in [-0.2, 0) is 16.1 Å². The molecule has 22 heavy (non-hydrogen) atoms. The van der Waals surface area contributed by atoms with Crippen LogP contribution in [0, 0.1) is 5.92 Å². The van der Waals surface area contributed by atoms with E-state index in [9.17, 15) is 9.59 Å². The normalized spacial score (nSPS) is 10.6. The van der Waals surface area contributed by atoms with E-state index in [4.69, 9.17) is 4.74 Å². The standard InChI is InChI=1S/C17H26N2O3/c1-12(2)9-10-18-16(20)17(21)19-11-14-5-7-15(8-6-14)22-13(3)4/h5-8,12-13H,9-11H2,1-4H3,(H,18,20)(H,19,21). The van der Waals surface area contributed by atoms with E-state index >= 15 is 0 Å². The van der Waals surface area contributed by atoms with E-state index in [1.165, 1.54) is 0 Å². The highest BCUT2D eigenvalue weighted by Gasteiger charge is 2.12. The number of ether oxygens (including phenoxy) is 1. The Morgan fingerprint density at radius 1 is 1.00 bits per heavy atom. The summed E-state index contributed by atoms with van der Waals surface area (Å²) in [7, 11) is 0. The molecule has 0 radical (unpaired) electrons. The van der Waals surface area contributed by atoms with Crippen molar-refractivity contribution in [2.45, 2.75) is 46.8 Å². The summed E-state index contributed by atoms with van der Waals surface area (Å²) >= 11 is 0. The third-order valence-corrected chi connectivity index (χ3v) is 2.96. The van der Waals surface area contributed by atoms with E-state index in [-0.39, 0.29) is 6.10 Å². The van der Waals surface area contributed by atoms with Gasteiger partial charge in [0, 0.05) is 13.1 Å². The van der Waals surface area contributed by atoms with Gasteiger partial charge in [0.1, 0.15) is 5.75 Å². The monoisotopic (exact) mass is 306 g/mol. The van der Waals surface area contributed by atoms with Crippen LogP contribution < -0.4 is 15.4 Å². The molecule has 0 unspecified atom stereocenters. The van der Waals surface area contributed by atoms with Gasteiger partial charge in [-0.1, -0.05) is 26.0 Å². The first kappa shape index (κ1) is 18.0. The Kier molecular flexibility index (Phi) is 7.43. The first-order chi connectivity index (χ1) is 10.4. The third kappa shape index (κ3) is 7.11. The number of carbonyl (C=O) groups is 2. The van der Waals surface area contributed by atoms with Gasteiger partial charge in [0.05, 0.1) is 6.10 Å². The molecule has 0 saturated carbocycles. The summed E-state index contributed by atoms with van der Waals surface area (Å²) in [6.45, 7) is 8.90. The first-order valence-corrected chi connectivity index (χ1v) is 7.70. The van der Waals surface area contributed by atoms with Crippen LogP contribution >= 0.6 is 0 Å². The van der Waals surface area contributed by atoms with Gasteiger partial charge in [0.15, 0.2) is 0 Å². The minimum Gasteiger partial charge on any atom is -0.491 e. The molecule has 0 fully saturated rings. The molecule has 0 heterocycles. The predicted octanol–water partition coefficient (Wildman–Crippen LogP) is 2.25. The SMILES string of the molecule is CC(C)CCNC(=O)C(=O)NCc1ccc(OC(C)C)cc1. The molecule has 0 atom stereocenters. The average molecular weight is 306 g/mol. The second-order valence-electron chi connectivity index (χ2n) is 5.93. The summed E-state index contributed by atoms with van der Waals surface area (Å²) in [5.41, 5.74) is 0.916. The molecule has 2 N–H and O–H groups in total. The molecule has 0 aliphatic rings. The second-order valence-corrected chi connectivity index (χ2v) is 5.93. The second kappa shape index (κ2) is 9.07. The smallest absolute Gasteiger partial charge is 0.309 e. The van der Waals surface area contributed by atoms with Crippen molar-refractivity contribution in [1.82, 2.24) is 10.6 Å². The molecule has 2 amide bonds. The Balaban J connectivity index is 2.35. The van der Waals surface area contributed by atoms with Crippen molar-refractivity contribution in [1.29, 1.82) is 0 Å². The molecule has 0 aromatic heterocycles. The van der Waals surface area contributed by atoms with Gasteiger partial charge in [-0.3, -0.25) is 9.59 Å². The molecule has 0 aliphatic heterocycles. The highest BCUT2D eigenvalue weighted by atomic mass is 16.5. The minimum absolute atomic E-state index is 0.125. The molecule has 0 saturated heterocycles. The molecule has 1 aromatic carbocycles. The Bertz CT molecular complexity index is 481. The lowest BCUT2D eigenvalue weighted by atomic mass is 10.1. The molecular weight excluding hydrogens is 280 g/mol. The average Bonchev–Trinajstić information content (AvgIpc) is 2.45. The van der Waals surface area contributed by atoms with E-state index in [0.29, 0.717) is 19.0 Å². The summed E-state index contributed by atoms with van der Waals surface area (Å²) in [5.74, 6) is 0.0955. The van der Waals surface area contributed by atoms with Gasteiger partial charge >= 0.3 is 11.8 Å². The Hall–Kier alpha value is -2.04. The van der Waals surface area contributed by atoms with Gasteiger partial charge in [0.25, 0.3) is 0 Å². The van der Waals surface area contributed by atoms with E-state index in [1.807, 2.05) is 38.1 Å². The van der Waals surface area contributed by atoms with Crippen LogP contribution in [-0.4, -0.2) is 24.5 Å². The molecule has 0 spiro atoms. The number of hydrogen-bond acceptors (Lipinski definition) is 3. The molecular formula is C17H26N2O3. The van der Waals surface area contributed by atoms with Crippen molar-refractivity contribution in [2.24, 2.45) is 5.92 Å². The van der Waals surface area contributed by atoms with Crippen molar-refractivity contribution >= 4 is 11.8 Å². The van der Waals surface area contributed by atoms with Crippen LogP contribution in [0.15, 0.2) is 24.3 Å². The largest absolute Gasteiger partial charge is 0.491 e. The molecule has 122 valence electrons. The number of rotatable bonds is 7. The highest BCUT2D eigenvalue weighted by molar-refractivity contribution is 6.35. The predicted molar refractivity (Wildman–Crippen MR) is 86.5 cm³/mol. The van der Waals surface area contributed by atoms with Gasteiger partial charge in [-0.15, -0.1) is 0 Å². The summed E-state index contributed by atoms with van der Waals surface area (Å²) in [4.78, 5) is 23.2. The van der Waals surface area contributed by atoms with Crippen molar-refractivity contribution in [3.63, 3.8) is 0 Å². The molecule has 0 aliphatic carbocycles. The molecule has 1 rings (SSSR count). The lowest BCUT2D eigenvalue weighted by molar-refractivity contribution is -0.139. The number of benzene rings is 1. The van der Waals surface area contributed by atoms with Gasteiger partial charge in [-0.05, 0) is 43.9 Å². The molecule has 0 bridgehead atoms. The highest BCUT2D eigenvalue weighted by Crippen LogP contribution is 2.13. The number of hydrogen-bond donors (Lipinski definition) is 2. The maximum Gasteiger partial charge on any atom is 0.309 e. The fraction of sp³-hybridized carbons (Fsp3) is 0.529. The van der Waals surface area contributed by atoms with E-state index in [2.05, 4.69) is 24.5 Å². The lowest BCUT2D eigenvalue weighted by Gasteiger charge is -2.10. The quantitative estimate of drug-likeness (QED) is 0.759. The number of amides is 2. The zero-order valence-electron chi connectivity index (χ0n) is 13.8. The summed E-state index contributed by atoms with van der Waals surface area (Å²) in [6, 6.07) is 7.44. The zero-order chi connectivity index (χ0) is 16.5. The van der Waals surface area contributed by atoms with Crippen LogP contribution in [0.25, 0.3) is 0 Å².